The van der Waals surface area contributed by atoms with Gasteiger partial charge in [-0.1, -0.05) is 18.7 Å². The van der Waals surface area contributed by atoms with E-state index < -0.39 is 0 Å². The van der Waals surface area contributed by atoms with Gasteiger partial charge >= 0.3 is 0 Å². The number of allylic oxidation sites excluding steroid dienone is 3. The molecule has 0 aromatic carbocycles. The molecular formula is C21H23N5O. The second kappa shape index (κ2) is 8.40. The number of hydrogen-bond acceptors (Lipinski definition) is 4. The summed E-state index contributed by atoms with van der Waals surface area (Å²) in [5, 5.41) is 2.88. The fourth-order valence-corrected chi connectivity index (χ4v) is 2.82. The Morgan fingerprint density at radius 2 is 2.30 bits per heavy atom. The molecule has 0 aliphatic heterocycles. The van der Waals surface area contributed by atoms with E-state index in [0.717, 1.165) is 22.4 Å². The highest BCUT2D eigenvalue weighted by molar-refractivity contribution is 5.93. The molecule has 1 fully saturated rings. The van der Waals surface area contributed by atoms with Crippen LogP contribution in [0.4, 0.5) is 0 Å². The number of nitrogens with one attached hydrogen (secondary N) is 1. The summed E-state index contributed by atoms with van der Waals surface area (Å²) in [4.78, 5) is 24.6. The molecule has 0 bridgehead atoms. The number of carbonyl (C=O) groups excluding carboxylic acids is 1. The quantitative estimate of drug-likeness (QED) is 0.576. The van der Waals surface area contributed by atoms with E-state index in [0.29, 0.717) is 18.3 Å². The van der Waals surface area contributed by atoms with Gasteiger partial charge in [-0.15, -0.1) is 0 Å². The summed E-state index contributed by atoms with van der Waals surface area (Å²) in [5.74, 6) is -0.230. The first-order valence-electron chi connectivity index (χ1n) is 8.86. The number of pyridine rings is 1. The molecule has 0 atom stereocenters. The van der Waals surface area contributed by atoms with Crippen LogP contribution in [0.15, 0.2) is 60.8 Å². The summed E-state index contributed by atoms with van der Waals surface area (Å²) in [6.07, 6.45) is 13.0. The van der Waals surface area contributed by atoms with Crippen LogP contribution in [-0.2, 0) is 0 Å². The molecule has 0 saturated heterocycles. The van der Waals surface area contributed by atoms with Gasteiger partial charge in [-0.3, -0.25) is 14.8 Å². The first-order valence-corrected chi connectivity index (χ1v) is 8.86. The normalized spacial score (nSPS) is 14.7. The van der Waals surface area contributed by atoms with E-state index in [1.807, 2.05) is 25.5 Å². The van der Waals surface area contributed by atoms with Crippen LogP contribution in [0.3, 0.4) is 0 Å². The van der Waals surface area contributed by atoms with Crippen molar-refractivity contribution in [2.75, 3.05) is 6.54 Å². The van der Waals surface area contributed by atoms with Gasteiger partial charge < -0.3 is 9.88 Å². The van der Waals surface area contributed by atoms with Crippen molar-refractivity contribution in [3.8, 4) is 0 Å². The average molecular weight is 361 g/mol. The van der Waals surface area contributed by atoms with E-state index >= 15 is 0 Å². The Hall–Kier alpha value is -3.28. The van der Waals surface area contributed by atoms with Crippen molar-refractivity contribution >= 4 is 23.8 Å². The molecular weight excluding hydrogens is 338 g/mol. The van der Waals surface area contributed by atoms with Crippen LogP contribution in [-0.4, -0.2) is 33.7 Å². The van der Waals surface area contributed by atoms with Gasteiger partial charge in [0.25, 0.3) is 5.91 Å². The molecule has 6 heteroatoms. The first kappa shape index (κ1) is 18.5. The number of nitrogens with zero attached hydrogens (tertiary/aromatic N) is 4. The number of aliphatic imine (C=N–C) groups is 1. The van der Waals surface area contributed by atoms with Crippen LogP contribution in [0.1, 0.15) is 47.6 Å². The Bertz CT molecular complexity index is 918. The lowest BCUT2D eigenvalue weighted by molar-refractivity contribution is 0.0953. The van der Waals surface area contributed by atoms with Gasteiger partial charge in [0, 0.05) is 25.0 Å². The van der Waals surface area contributed by atoms with Crippen molar-refractivity contribution in [1.82, 2.24) is 19.9 Å². The standard InChI is InChI=1S/C21H23N5O/c1-4-16(12-22-3)17-8-10-24-19(11-17)21(27)25-9-7-15(2)20-13-23-14-26(20)18-5-6-18/h4,7-8,10-14,18H,1,3,5-6,9H2,2H3,(H,25,27)/b15-7+,16-12+. The van der Waals surface area contributed by atoms with Gasteiger partial charge in [0.15, 0.2) is 0 Å². The van der Waals surface area contributed by atoms with Gasteiger partial charge in [0.2, 0.25) is 0 Å². The zero-order valence-corrected chi connectivity index (χ0v) is 15.4. The molecule has 1 N–H and O–H groups in total. The van der Waals surface area contributed by atoms with Crippen LogP contribution >= 0.6 is 0 Å². The molecule has 138 valence electrons. The third-order valence-electron chi connectivity index (χ3n) is 4.46. The second-order valence-corrected chi connectivity index (χ2v) is 6.42. The number of imidazole rings is 1. The van der Waals surface area contributed by atoms with Gasteiger partial charge in [-0.05, 0) is 55.3 Å². The zero-order chi connectivity index (χ0) is 19.2. The molecule has 2 heterocycles. The van der Waals surface area contributed by atoms with Crippen molar-refractivity contribution in [1.29, 1.82) is 0 Å². The van der Waals surface area contributed by atoms with Gasteiger partial charge in [0.05, 0.1) is 18.2 Å². The summed E-state index contributed by atoms with van der Waals surface area (Å²) in [6.45, 7) is 9.66. The molecule has 1 aliphatic carbocycles. The SMILES string of the molecule is C=C/C(=C\N=C)c1ccnc(C(=O)NC/C=C(\C)c2cncn2C2CC2)c1. The van der Waals surface area contributed by atoms with E-state index in [2.05, 4.69) is 38.1 Å². The predicted molar refractivity (Wildman–Crippen MR) is 108 cm³/mol. The predicted octanol–water partition coefficient (Wildman–Crippen LogP) is 3.67. The molecule has 6 nitrogen and oxygen atoms in total. The van der Waals surface area contributed by atoms with Crippen molar-refractivity contribution in [2.45, 2.75) is 25.8 Å². The van der Waals surface area contributed by atoms with Gasteiger partial charge in [-0.2, -0.15) is 0 Å². The lowest BCUT2D eigenvalue weighted by atomic mass is 10.1. The number of amides is 1. The third kappa shape index (κ3) is 4.47. The third-order valence-corrected chi connectivity index (χ3v) is 4.46. The topological polar surface area (TPSA) is 72.2 Å². The summed E-state index contributed by atoms with van der Waals surface area (Å²) in [7, 11) is 0. The van der Waals surface area contributed by atoms with E-state index in [1.165, 1.54) is 12.8 Å². The molecule has 27 heavy (non-hydrogen) atoms. The van der Waals surface area contributed by atoms with Crippen molar-refractivity contribution < 1.29 is 4.79 Å². The summed E-state index contributed by atoms with van der Waals surface area (Å²) in [6, 6.07) is 4.09. The fraction of sp³-hybridized carbons (Fsp3) is 0.238. The molecule has 2 aromatic heterocycles. The molecule has 1 saturated carbocycles. The highest BCUT2D eigenvalue weighted by Crippen LogP contribution is 2.36. The maximum absolute atomic E-state index is 12.4. The van der Waals surface area contributed by atoms with E-state index in [1.54, 1.807) is 30.6 Å². The highest BCUT2D eigenvalue weighted by Gasteiger charge is 2.25. The number of hydrogen-bond donors (Lipinski definition) is 1. The summed E-state index contributed by atoms with van der Waals surface area (Å²) < 4.78 is 2.20. The molecule has 0 unspecified atom stereocenters. The lowest BCUT2D eigenvalue weighted by Gasteiger charge is -2.08. The smallest absolute Gasteiger partial charge is 0.270 e. The van der Waals surface area contributed by atoms with E-state index in [-0.39, 0.29) is 5.91 Å². The number of carbonyl (C=O) groups is 1. The Morgan fingerprint density at radius 3 is 3.00 bits per heavy atom. The fourth-order valence-electron chi connectivity index (χ4n) is 2.82. The molecule has 3 rings (SSSR count). The van der Waals surface area contributed by atoms with Crippen LogP contribution in [0.25, 0.3) is 11.1 Å². The largest absolute Gasteiger partial charge is 0.347 e. The maximum atomic E-state index is 12.4. The minimum Gasteiger partial charge on any atom is -0.347 e. The molecule has 0 radical (unpaired) electrons. The maximum Gasteiger partial charge on any atom is 0.270 e. The molecule has 1 aliphatic rings. The molecule has 1 amide bonds. The number of rotatable bonds is 8. The Kier molecular flexibility index (Phi) is 5.76. The van der Waals surface area contributed by atoms with Gasteiger partial charge in [0.1, 0.15) is 5.69 Å². The monoisotopic (exact) mass is 361 g/mol. The first-order chi connectivity index (χ1) is 13.1. The summed E-state index contributed by atoms with van der Waals surface area (Å²) in [5.41, 5.74) is 4.14. The van der Waals surface area contributed by atoms with Crippen molar-refractivity contribution in [3.63, 3.8) is 0 Å². The van der Waals surface area contributed by atoms with E-state index in [4.69, 9.17) is 0 Å². The minimum absolute atomic E-state index is 0.230. The van der Waals surface area contributed by atoms with Crippen LogP contribution in [0.2, 0.25) is 0 Å². The highest BCUT2D eigenvalue weighted by atomic mass is 16.1. The van der Waals surface area contributed by atoms with Crippen molar-refractivity contribution in [3.05, 3.63) is 72.7 Å². The Morgan fingerprint density at radius 1 is 1.48 bits per heavy atom. The van der Waals surface area contributed by atoms with Crippen LogP contribution < -0.4 is 5.32 Å². The minimum atomic E-state index is -0.230. The number of aromatic nitrogens is 3. The van der Waals surface area contributed by atoms with Gasteiger partial charge in [-0.25, -0.2) is 4.98 Å². The average Bonchev–Trinajstić information content (AvgIpc) is 3.42. The van der Waals surface area contributed by atoms with Crippen LogP contribution in [0, 0.1) is 0 Å². The van der Waals surface area contributed by atoms with Crippen molar-refractivity contribution in [2.24, 2.45) is 4.99 Å². The molecule has 2 aromatic rings. The Labute approximate surface area is 159 Å². The Balaban J connectivity index is 1.65. The van der Waals surface area contributed by atoms with Crippen LogP contribution in [0.5, 0.6) is 0 Å². The second-order valence-electron chi connectivity index (χ2n) is 6.42. The zero-order valence-electron chi connectivity index (χ0n) is 15.4. The molecule has 0 spiro atoms. The van der Waals surface area contributed by atoms with E-state index in [9.17, 15) is 4.79 Å². The lowest BCUT2D eigenvalue weighted by Crippen LogP contribution is -2.24. The summed E-state index contributed by atoms with van der Waals surface area (Å²) >= 11 is 0.